The summed E-state index contributed by atoms with van der Waals surface area (Å²) >= 11 is 5.84. The number of β-amino-alcohol motifs (C(OH)–C–C–N with tert-alkyl or cyclic N) is 1. The number of nitrogens with zero attached hydrogens (tertiary/aromatic N) is 2. The van der Waals surface area contributed by atoms with E-state index in [0.29, 0.717) is 18.2 Å². The number of benzene rings is 1. The molecule has 0 bridgehead atoms. The molecule has 1 unspecified atom stereocenters. The third-order valence-electron chi connectivity index (χ3n) is 4.42. The van der Waals surface area contributed by atoms with Gasteiger partial charge >= 0.3 is 0 Å². The first-order valence-corrected chi connectivity index (χ1v) is 8.84. The topological polar surface area (TPSA) is 35.9 Å². The van der Waals surface area contributed by atoms with E-state index in [1.807, 2.05) is 12.1 Å². The van der Waals surface area contributed by atoms with Crippen LogP contribution in [-0.2, 0) is 0 Å². The summed E-state index contributed by atoms with van der Waals surface area (Å²) in [5.74, 6) is 1.58. The zero-order chi connectivity index (χ0) is 16.7. The van der Waals surface area contributed by atoms with Crippen LogP contribution in [0.3, 0.4) is 0 Å². The van der Waals surface area contributed by atoms with Gasteiger partial charge in [-0.05, 0) is 83.2 Å². The van der Waals surface area contributed by atoms with E-state index in [1.165, 1.54) is 25.8 Å². The Labute approximate surface area is 145 Å². The lowest BCUT2D eigenvalue weighted by molar-refractivity contribution is 0.0538. The molecule has 4 nitrogen and oxygen atoms in total. The average Bonchev–Trinajstić information content (AvgIpc) is 2.53. The molecule has 0 saturated carbocycles. The molecule has 1 fully saturated rings. The van der Waals surface area contributed by atoms with Crippen molar-refractivity contribution in [2.24, 2.45) is 5.92 Å². The SMILES string of the molecule is CN(C)CCC1CCN(CC(O)COc2ccc(Cl)cc2)CC1. The lowest BCUT2D eigenvalue weighted by atomic mass is 9.93. The summed E-state index contributed by atoms with van der Waals surface area (Å²) in [6.45, 7) is 4.34. The van der Waals surface area contributed by atoms with E-state index in [2.05, 4.69) is 23.9 Å². The Hall–Kier alpha value is -0.810. The Balaban J connectivity index is 1.62. The van der Waals surface area contributed by atoms with Crippen LogP contribution in [0.5, 0.6) is 5.75 Å². The lowest BCUT2D eigenvalue weighted by Gasteiger charge is -2.33. The molecule has 0 amide bonds. The van der Waals surface area contributed by atoms with Crippen molar-refractivity contribution < 1.29 is 9.84 Å². The maximum absolute atomic E-state index is 10.2. The summed E-state index contributed by atoms with van der Waals surface area (Å²) in [7, 11) is 4.26. The largest absolute Gasteiger partial charge is 0.491 e. The fourth-order valence-corrected chi connectivity index (χ4v) is 3.10. The first-order chi connectivity index (χ1) is 11.0. The highest BCUT2D eigenvalue weighted by molar-refractivity contribution is 6.30. The summed E-state index contributed by atoms with van der Waals surface area (Å²) in [6, 6.07) is 7.24. The van der Waals surface area contributed by atoms with Gasteiger partial charge in [-0.1, -0.05) is 11.6 Å². The van der Waals surface area contributed by atoms with Crippen molar-refractivity contribution in [3.63, 3.8) is 0 Å². The maximum atomic E-state index is 10.2. The maximum Gasteiger partial charge on any atom is 0.119 e. The van der Waals surface area contributed by atoms with Gasteiger partial charge in [-0.2, -0.15) is 0 Å². The summed E-state index contributed by atoms with van der Waals surface area (Å²) in [4.78, 5) is 4.60. The highest BCUT2D eigenvalue weighted by Crippen LogP contribution is 2.21. The van der Waals surface area contributed by atoms with E-state index < -0.39 is 6.10 Å². The quantitative estimate of drug-likeness (QED) is 0.789. The van der Waals surface area contributed by atoms with E-state index in [-0.39, 0.29) is 0 Å². The van der Waals surface area contributed by atoms with Gasteiger partial charge in [-0.15, -0.1) is 0 Å². The van der Waals surface area contributed by atoms with Crippen molar-refractivity contribution >= 4 is 11.6 Å². The van der Waals surface area contributed by atoms with Crippen LogP contribution in [0.2, 0.25) is 5.02 Å². The van der Waals surface area contributed by atoms with Crippen LogP contribution in [-0.4, -0.2) is 67.9 Å². The molecule has 1 aliphatic rings. The van der Waals surface area contributed by atoms with Crippen LogP contribution in [0.4, 0.5) is 0 Å². The molecule has 0 aliphatic carbocycles. The minimum absolute atomic E-state index is 0.322. The average molecular weight is 341 g/mol. The molecule has 1 N–H and O–H groups in total. The van der Waals surface area contributed by atoms with Gasteiger partial charge in [0.1, 0.15) is 18.5 Å². The van der Waals surface area contributed by atoms with Crippen molar-refractivity contribution in [1.29, 1.82) is 0 Å². The number of ether oxygens (including phenoxy) is 1. The number of aliphatic hydroxyl groups excluding tert-OH is 1. The summed E-state index contributed by atoms with van der Waals surface area (Å²) in [6.07, 6.45) is 3.30. The first-order valence-electron chi connectivity index (χ1n) is 8.46. The monoisotopic (exact) mass is 340 g/mol. The van der Waals surface area contributed by atoms with Crippen LogP contribution in [0.15, 0.2) is 24.3 Å². The lowest BCUT2D eigenvalue weighted by Crippen LogP contribution is -2.41. The Bertz CT molecular complexity index is 445. The molecule has 1 aromatic carbocycles. The van der Waals surface area contributed by atoms with E-state index in [1.54, 1.807) is 12.1 Å². The second-order valence-electron chi connectivity index (χ2n) is 6.75. The zero-order valence-electron chi connectivity index (χ0n) is 14.2. The molecule has 1 atom stereocenters. The Kier molecular flexibility index (Phi) is 7.63. The van der Waals surface area contributed by atoms with E-state index >= 15 is 0 Å². The third-order valence-corrected chi connectivity index (χ3v) is 4.67. The Morgan fingerprint density at radius 2 is 1.91 bits per heavy atom. The van der Waals surface area contributed by atoms with Crippen LogP contribution < -0.4 is 4.74 Å². The number of hydrogen-bond donors (Lipinski definition) is 1. The molecule has 0 spiro atoms. The molecule has 1 aromatic rings. The minimum atomic E-state index is -0.455. The van der Waals surface area contributed by atoms with Crippen LogP contribution >= 0.6 is 11.6 Å². The second-order valence-corrected chi connectivity index (χ2v) is 7.19. The molecule has 1 saturated heterocycles. The molecule has 5 heteroatoms. The van der Waals surface area contributed by atoms with Gasteiger partial charge in [0.15, 0.2) is 0 Å². The predicted octanol–water partition coefficient (Wildman–Crippen LogP) is 2.74. The summed E-state index contributed by atoms with van der Waals surface area (Å²) in [5.41, 5.74) is 0. The second kappa shape index (κ2) is 9.48. The fraction of sp³-hybridized carbons (Fsp3) is 0.667. The van der Waals surface area contributed by atoms with Crippen LogP contribution in [0.25, 0.3) is 0 Å². The fourth-order valence-electron chi connectivity index (χ4n) is 2.97. The normalized spacial score (nSPS) is 18.3. The van der Waals surface area contributed by atoms with E-state index in [0.717, 1.165) is 24.8 Å². The molecule has 0 radical (unpaired) electrons. The number of hydrogen-bond acceptors (Lipinski definition) is 4. The molecule has 0 aromatic heterocycles. The van der Waals surface area contributed by atoms with Gasteiger partial charge in [-0.25, -0.2) is 0 Å². The van der Waals surface area contributed by atoms with Crippen molar-refractivity contribution in [3.05, 3.63) is 29.3 Å². The highest BCUT2D eigenvalue weighted by atomic mass is 35.5. The van der Waals surface area contributed by atoms with Crippen molar-refractivity contribution in [1.82, 2.24) is 9.80 Å². The molecule has 1 heterocycles. The zero-order valence-corrected chi connectivity index (χ0v) is 15.0. The van der Waals surface area contributed by atoms with Crippen LogP contribution in [0, 0.1) is 5.92 Å². The van der Waals surface area contributed by atoms with Gasteiger partial charge < -0.3 is 19.6 Å². The van der Waals surface area contributed by atoms with Crippen molar-refractivity contribution in [2.45, 2.75) is 25.4 Å². The summed E-state index contributed by atoms with van der Waals surface area (Å²) in [5, 5.41) is 10.8. The molecule has 1 aliphatic heterocycles. The van der Waals surface area contributed by atoms with Gasteiger partial charge in [0.2, 0.25) is 0 Å². The predicted molar refractivity (Wildman–Crippen MR) is 95.3 cm³/mol. The third kappa shape index (κ3) is 7.08. The van der Waals surface area contributed by atoms with Gasteiger partial charge in [0, 0.05) is 11.6 Å². The molecule has 23 heavy (non-hydrogen) atoms. The molecular weight excluding hydrogens is 312 g/mol. The summed E-state index contributed by atoms with van der Waals surface area (Å²) < 4.78 is 5.61. The Morgan fingerprint density at radius 3 is 2.52 bits per heavy atom. The number of piperidine rings is 1. The van der Waals surface area contributed by atoms with E-state index in [4.69, 9.17) is 16.3 Å². The van der Waals surface area contributed by atoms with Gasteiger partial charge in [0.05, 0.1) is 0 Å². The van der Waals surface area contributed by atoms with Crippen molar-refractivity contribution in [2.75, 3.05) is 46.9 Å². The number of halogens is 1. The molecule has 130 valence electrons. The van der Waals surface area contributed by atoms with Crippen molar-refractivity contribution in [3.8, 4) is 5.75 Å². The van der Waals surface area contributed by atoms with Gasteiger partial charge in [0.25, 0.3) is 0 Å². The standard InChI is InChI=1S/C18H29ClN2O2/c1-20(2)10-7-15-8-11-21(12-9-15)13-17(22)14-23-18-5-3-16(19)4-6-18/h3-6,15,17,22H,7-14H2,1-2H3. The number of rotatable bonds is 8. The Morgan fingerprint density at radius 1 is 1.26 bits per heavy atom. The number of likely N-dealkylation sites (tertiary alicyclic amines) is 1. The molecule has 2 rings (SSSR count). The number of aliphatic hydroxyl groups is 1. The molecular formula is C18H29ClN2O2. The van der Waals surface area contributed by atoms with Gasteiger partial charge in [-0.3, -0.25) is 0 Å². The first kappa shape index (κ1) is 18.5. The minimum Gasteiger partial charge on any atom is -0.491 e. The van der Waals surface area contributed by atoms with E-state index in [9.17, 15) is 5.11 Å². The smallest absolute Gasteiger partial charge is 0.119 e. The van der Waals surface area contributed by atoms with Crippen LogP contribution in [0.1, 0.15) is 19.3 Å². The highest BCUT2D eigenvalue weighted by Gasteiger charge is 2.21.